The predicted octanol–water partition coefficient (Wildman–Crippen LogP) is 1.90. The quantitative estimate of drug-likeness (QED) is 0.911. The van der Waals surface area contributed by atoms with E-state index in [0.29, 0.717) is 28.1 Å². The molecule has 1 saturated heterocycles. The second-order valence-electron chi connectivity index (χ2n) is 4.75. The van der Waals surface area contributed by atoms with Gasteiger partial charge in [0.25, 0.3) is 5.91 Å². The molecule has 0 saturated carbocycles. The third-order valence-corrected chi connectivity index (χ3v) is 4.24. The van der Waals surface area contributed by atoms with E-state index in [1.54, 1.807) is 26.4 Å². The number of carbonyl (C=O) groups is 1. The fourth-order valence-electron chi connectivity index (χ4n) is 2.30. The number of ether oxygens (including phenoxy) is 2. The Kier molecular flexibility index (Phi) is 4.88. The van der Waals surface area contributed by atoms with E-state index >= 15 is 0 Å². The number of piperazine rings is 1. The number of nitrogens with one attached hydrogen (secondary N) is 1. The molecule has 0 radical (unpaired) electrons. The van der Waals surface area contributed by atoms with Crippen LogP contribution in [0.4, 0.5) is 0 Å². The average molecular weight is 343 g/mol. The standard InChI is InChI=1S/C14H19BrN2O3/c1-9-8-16-4-5-17(9)14(18)10-6-11(19-2)13(15)12(7-10)20-3/h6-7,9,16H,4-5,8H2,1-3H3/t9-/m1/s1. The zero-order valence-corrected chi connectivity index (χ0v) is 13.5. The van der Waals surface area contributed by atoms with Crippen LogP contribution in [-0.2, 0) is 0 Å². The van der Waals surface area contributed by atoms with Crippen molar-refractivity contribution >= 4 is 21.8 Å². The van der Waals surface area contributed by atoms with Gasteiger partial charge in [0.1, 0.15) is 16.0 Å². The minimum absolute atomic E-state index is 0.00287. The van der Waals surface area contributed by atoms with Crippen LogP contribution in [0, 0.1) is 0 Å². The van der Waals surface area contributed by atoms with Crippen LogP contribution >= 0.6 is 15.9 Å². The van der Waals surface area contributed by atoms with E-state index in [1.165, 1.54) is 0 Å². The number of hydrogen-bond acceptors (Lipinski definition) is 4. The fourth-order valence-corrected chi connectivity index (χ4v) is 2.85. The number of hydrogen-bond donors (Lipinski definition) is 1. The molecule has 6 heteroatoms. The molecule has 1 aliphatic heterocycles. The molecule has 1 fully saturated rings. The molecule has 110 valence electrons. The van der Waals surface area contributed by atoms with Crippen LogP contribution in [0.15, 0.2) is 16.6 Å². The molecular weight excluding hydrogens is 324 g/mol. The van der Waals surface area contributed by atoms with Crippen molar-refractivity contribution in [2.24, 2.45) is 0 Å². The Hall–Kier alpha value is -1.27. The molecule has 0 aromatic heterocycles. The van der Waals surface area contributed by atoms with Crippen LogP contribution in [0.3, 0.4) is 0 Å². The van der Waals surface area contributed by atoms with Crippen molar-refractivity contribution in [3.05, 3.63) is 22.2 Å². The maximum atomic E-state index is 12.6. The first-order valence-corrected chi connectivity index (χ1v) is 7.31. The first-order chi connectivity index (χ1) is 9.58. The summed E-state index contributed by atoms with van der Waals surface area (Å²) in [5, 5.41) is 3.27. The van der Waals surface area contributed by atoms with Gasteiger partial charge in [0.2, 0.25) is 0 Å². The Labute approximate surface area is 127 Å². The molecule has 1 N–H and O–H groups in total. The first kappa shape index (κ1) is 15.1. The van der Waals surface area contributed by atoms with E-state index < -0.39 is 0 Å². The van der Waals surface area contributed by atoms with Crippen LogP contribution in [0.1, 0.15) is 17.3 Å². The van der Waals surface area contributed by atoms with Gasteiger partial charge in [-0.1, -0.05) is 0 Å². The predicted molar refractivity (Wildman–Crippen MR) is 80.6 cm³/mol. The summed E-state index contributed by atoms with van der Waals surface area (Å²) in [4.78, 5) is 14.5. The molecule has 1 atom stereocenters. The van der Waals surface area contributed by atoms with Crippen LogP contribution in [0.2, 0.25) is 0 Å². The van der Waals surface area contributed by atoms with E-state index in [4.69, 9.17) is 9.47 Å². The van der Waals surface area contributed by atoms with E-state index in [-0.39, 0.29) is 11.9 Å². The van der Waals surface area contributed by atoms with Crippen molar-refractivity contribution < 1.29 is 14.3 Å². The lowest BCUT2D eigenvalue weighted by atomic mass is 10.1. The van der Waals surface area contributed by atoms with Crippen molar-refractivity contribution in [1.82, 2.24) is 10.2 Å². The smallest absolute Gasteiger partial charge is 0.254 e. The normalized spacial score (nSPS) is 18.8. The van der Waals surface area contributed by atoms with Crippen LogP contribution in [0.25, 0.3) is 0 Å². The highest BCUT2D eigenvalue weighted by Gasteiger charge is 2.25. The molecule has 1 heterocycles. The van der Waals surface area contributed by atoms with Gasteiger partial charge in [-0.2, -0.15) is 0 Å². The minimum Gasteiger partial charge on any atom is -0.495 e. The highest BCUT2D eigenvalue weighted by atomic mass is 79.9. The van der Waals surface area contributed by atoms with Crippen LogP contribution in [-0.4, -0.2) is 50.7 Å². The number of halogens is 1. The van der Waals surface area contributed by atoms with Gasteiger partial charge < -0.3 is 19.7 Å². The number of amides is 1. The van der Waals surface area contributed by atoms with Gasteiger partial charge in [-0.3, -0.25) is 4.79 Å². The fraction of sp³-hybridized carbons (Fsp3) is 0.500. The summed E-state index contributed by atoms with van der Waals surface area (Å²) >= 11 is 3.41. The van der Waals surface area contributed by atoms with Gasteiger partial charge in [-0.05, 0) is 35.0 Å². The Morgan fingerprint density at radius 1 is 1.35 bits per heavy atom. The number of carbonyl (C=O) groups excluding carboxylic acids is 1. The zero-order valence-electron chi connectivity index (χ0n) is 11.9. The molecule has 1 aliphatic rings. The average Bonchev–Trinajstić information content (AvgIpc) is 2.47. The maximum absolute atomic E-state index is 12.6. The van der Waals surface area contributed by atoms with Crippen molar-refractivity contribution in [3.8, 4) is 11.5 Å². The lowest BCUT2D eigenvalue weighted by Gasteiger charge is -2.34. The summed E-state index contributed by atoms with van der Waals surface area (Å²) in [5.41, 5.74) is 0.579. The summed E-state index contributed by atoms with van der Waals surface area (Å²) in [6, 6.07) is 3.66. The van der Waals surface area contributed by atoms with Crippen molar-refractivity contribution in [3.63, 3.8) is 0 Å². The molecule has 2 rings (SSSR count). The minimum atomic E-state index is 0.00287. The number of benzene rings is 1. The van der Waals surface area contributed by atoms with Gasteiger partial charge >= 0.3 is 0 Å². The largest absolute Gasteiger partial charge is 0.495 e. The summed E-state index contributed by atoms with van der Waals surface area (Å²) in [5.74, 6) is 1.19. The van der Waals surface area contributed by atoms with E-state index in [9.17, 15) is 4.79 Å². The summed E-state index contributed by atoms with van der Waals surface area (Å²) in [7, 11) is 3.14. The van der Waals surface area contributed by atoms with Crippen molar-refractivity contribution in [1.29, 1.82) is 0 Å². The third-order valence-electron chi connectivity index (χ3n) is 3.45. The number of methoxy groups -OCH3 is 2. The Bertz CT molecular complexity index is 482. The monoisotopic (exact) mass is 342 g/mol. The summed E-state index contributed by atoms with van der Waals surface area (Å²) in [6.45, 7) is 4.38. The molecule has 20 heavy (non-hydrogen) atoms. The summed E-state index contributed by atoms with van der Waals surface area (Å²) < 4.78 is 11.3. The zero-order chi connectivity index (χ0) is 14.7. The lowest BCUT2D eigenvalue weighted by molar-refractivity contribution is 0.0655. The highest BCUT2D eigenvalue weighted by molar-refractivity contribution is 9.10. The number of nitrogens with zero attached hydrogens (tertiary/aromatic N) is 1. The van der Waals surface area contributed by atoms with Gasteiger partial charge in [-0.25, -0.2) is 0 Å². The first-order valence-electron chi connectivity index (χ1n) is 6.51. The molecule has 1 amide bonds. The Balaban J connectivity index is 2.34. The van der Waals surface area contributed by atoms with Gasteiger partial charge in [0.05, 0.1) is 14.2 Å². The van der Waals surface area contributed by atoms with Gasteiger partial charge in [0, 0.05) is 31.2 Å². The SMILES string of the molecule is COc1cc(C(=O)N2CCNC[C@H]2C)cc(OC)c1Br. The molecule has 0 bridgehead atoms. The molecule has 0 spiro atoms. The van der Waals surface area contributed by atoms with Gasteiger partial charge in [0.15, 0.2) is 0 Å². The van der Waals surface area contributed by atoms with E-state index in [0.717, 1.165) is 13.1 Å². The molecule has 5 nitrogen and oxygen atoms in total. The van der Waals surface area contributed by atoms with Crippen LogP contribution < -0.4 is 14.8 Å². The highest BCUT2D eigenvalue weighted by Crippen LogP contribution is 2.36. The Morgan fingerprint density at radius 3 is 2.45 bits per heavy atom. The van der Waals surface area contributed by atoms with Crippen molar-refractivity contribution in [2.45, 2.75) is 13.0 Å². The van der Waals surface area contributed by atoms with E-state index in [2.05, 4.69) is 21.2 Å². The van der Waals surface area contributed by atoms with Crippen LogP contribution in [0.5, 0.6) is 11.5 Å². The van der Waals surface area contributed by atoms with E-state index in [1.807, 2.05) is 11.8 Å². The molecule has 1 aromatic rings. The topological polar surface area (TPSA) is 50.8 Å². The van der Waals surface area contributed by atoms with Gasteiger partial charge in [-0.15, -0.1) is 0 Å². The lowest BCUT2D eigenvalue weighted by Crippen LogP contribution is -2.52. The second kappa shape index (κ2) is 6.45. The third kappa shape index (κ3) is 2.91. The molecule has 0 unspecified atom stereocenters. The van der Waals surface area contributed by atoms with Crippen molar-refractivity contribution in [2.75, 3.05) is 33.9 Å². The molecular formula is C14H19BrN2O3. The maximum Gasteiger partial charge on any atom is 0.254 e. The molecule has 0 aliphatic carbocycles. The summed E-state index contributed by atoms with van der Waals surface area (Å²) in [6.07, 6.45) is 0. The number of rotatable bonds is 3. The molecule has 1 aromatic carbocycles. The second-order valence-corrected chi connectivity index (χ2v) is 5.54. The Morgan fingerprint density at radius 2 is 1.95 bits per heavy atom.